The minimum Gasteiger partial charge on any atom is -0.355 e. The lowest BCUT2D eigenvalue weighted by Gasteiger charge is -2.09. The Morgan fingerprint density at radius 3 is 2.32 bits per heavy atom. The van der Waals surface area contributed by atoms with Crippen LogP contribution >= 0.6 is 0 Å². The van der Waals surface area contributed by atoms with Gasteiger partial charge in [0.05, 0.1) is 0 Å². The Morgan fingerprint density at radius 2 is 1.79 bits per heavy atom. The van der Waals surface area contributed by atoms with Crippen LogP contribution in [0.5, 0.6) is 0 Å². The molecule has 0 aliphatic heterocycles. The number of nitrogens with one attached hydrogen (secondary N) is 3. The molecule has 0 saturated carbocycles. The van der Waals surface area contributed by atoms with E-state index in [0.717, 1.165) is 0 Å². The van der Waals surface area contributed by atoms with Crippen LogP contribution in [0, 0.1) is 0 Å². The zero-order chi connectivity index (χ0) is 14.3. The molecule has 0 bridgehead atoms. The third-order valence-electron chi connectivity index (χ3n) is 2.56. The second-order valence-corrected chi connectivity index (χ2v) is 4.56. The van der Waals surface area contributed by atoms with Crippen LogP contribution in [-0.2, 0) is 4.79 Å². The van der Waals surface area contributed by atoms with Gasteiger partial charge in [0.1, 0.15) is 0 Å². The van der Waals surface area contributed by atoms with Crippen molar-refractivity contribution in [1.29, 1.82) is 0 Å². The molecule has 0 atom stereocenters. The summed E-state index contributed by atoms with van der Waals surface area (Å²) in [6.45, 7) is 4.73. The Labute approximate surface area is 113 Å². The molecule has 0 saturated heterocycles. The van der Waals surface area contributed by atoms with Gasteiger partial charge in [0.2, 0.25) is 5.91 Å². The van der Waals surface area contributed by atoms with E-state index in [4.69, 9.17) is 0 Å². The molecule has 5 heteroatoms. The highest BCUT2D eigenvalue weighted by molar-refractivity contribution is 5.95. The van der Waals surface area contributed by atoms with E-state index in [1.54, 1.807) is 31.3 Å². The topological polar surface area (TPSA) is 70.2 Å². The second-order valence-electron chi connectivity index (χ2n) is 4.56. The number of carbonyl (C=O) groups is 2. The molecular formula is C14H21N3O2. The highest BCUT2D eigenvalue weighted by atomic mass is 16.2. The predicted octanol–water partition coefficient (Wildman–Crippen LogP) is 1.37. The van der Waals surface area contributed by atoms with E-state index in [0.29, 0.717) is 30.3 Å². The molecule has 1 aromatic rings. The van der Waals surface area contributed by atoms with Gasteiger partial charge in [-0.25, -0.2) is 0 Å². The van der Waals surface area contributed by atoms with Gasteiger partial charge in [-0.3, -0.25) is 9.59 Å². The molecule has 0 aromatic heterocycles. The summed E-state index contributed by atoms with van der Waals surface area (Å²) in [4.78, 5) is 23.0. The Bertz CT molecular complexity index is 427. The Kier molecular flexibility index (Phi) is 6.02. The maximum Gasteiger partial charge on any atom is 0.251 e. The summed E-state index contributed by atoms with van der Waals surface area (Å²) < 4.78 is 0. The summed E-state index contributed by atoms with van der Waals surface area (Å²) in [7, 11) is 1.58. The number of benzene rings is 1. The van der Waals surface area contributed by atoms with Crippen LogP contribution < -0.4 is 16.0 Å². The summed E-state index contributed by atoms with van der Waals surface area (Å²) in [5, 5.41) is 8.51. The molecule has 1 aromatic carbocycles. The van der Waals surface area contributed by atoms with Crippen LogP contribution in [0.3, 0.4) is 0 Å². The average molecular weight is 263 g/mol. The molecule has 0 aliphatic carbocycles. The molecule has 0 unspecified atom stereocenters. The monoisotopic (exact) mass is 263 g/mol. The third-order valence-corrected chi connectivity index (χ3v) is 2.56. The molecule has 2 amide bonds. The van der Waals surface area contributed by atoms with Crippen molar-refractivity contribution in [2.24, 2.45) is 0 Å². The van der Waals surface area contributed by atoms with Crippen molar-refractivity contribution < 1.29 is 9.59 Å². The van der Waals surface area contributed by atoms with Crippen molar-refractivity contribution in [2.75, 3.05) is 18.9 Å². The van der Waals surface area contributed by atoms with Gasteiger partial charge >= 0.3 is 0 Å². The quantitative estimate of drug-likeness (QED) is 0.726. The van der Waals surface area contributed by atoms with Crippen molar-refractivity contribution in [3.63, 3.8) is 0 Å². The minimum absolute atomic E-state index is 0.0409. The first-order valence-corrected chi connectivity index (χ1v) is 6.38. The number of amides is 2. The van der Waals surface area contributed by atoms with Crippen molar-refractivity contribution in [2.45, 2.75) is 26.3 Å². The number of carbonyl (C=O) groups excluding carboxylic acids is 2. The van der Waals surface area contributed by atoms with Crippen LogP contribution in [0.25, 0.3) is 0 Å². The van der Waals surface area contributed by atoms with E-state index in [1.165, 1.54) is 0 Å². The Balaban J connectivity index is 2.44. The van der Waals surface area contributed by atoms with Gasteiger partial charge in [0.25, 0.3) is 5.91 Å². The van der Waals surface area contributed by atoms with E-state index in [-0.39, 0.29) is 11.8 Å². The fourth-order valence-corrected chi connectivity index (χ4v) is 1.55. The molecule has 1 rings (SSSR count). The van der Waals surface area contributed by atoms with Crippen LogP contribution in [0.1, 0.15) is 30.6 Å². The summed E-state index contributed by atoms with van der Waals surface area (Å²) in [6, 6.07) is 7.18. The van der Waals surface area contributed by atoms with Gasteiger partial charge in [-0.05, 0) is 24.3 Å². The maximum atomic E-state index is 11.6. The first-order valence-electron chi connectivity index (χ1n) is 6.38. The normalized spacial score (nSPS) is 10.3. The van der Waals surface area contributed by atoms with Crippen LogP contribution in [0.15, 0.2) is 24.3 Å². The van der Waals surface area contributed by atoms with Gasteiger partial charge in [-0.2, -0.15) is 0 Å². The molecular weight excluding hydrogens is 242 g/mol. The summed E-state index contributed by atoms with van der Waals surface area (Å²) in [6.07, 6.45) is 0.426. The summed E-state index contributed by atoms with van der Waals surface area (Å²) in [5.41, 5.74) is 1.27. The molecule has 3 N–H and O–H groups in total. The maximum absolute atomic E-state index is 11.6. The van der Waals surface area contributed by atoms with E-state index < -0.39 is 0 Å². The first kappa shape index (κ1) is 15.2. The first-order chi connectivity index (χ1) is 9.02. The van der Waals surface area contributed by atoms with Gasteiger partial charge < -0.3 is 16.0 Å². The Morgan fingerprint density at radius 1 is 1.16 bits per heavy atom. The molecule has 0 fully saturated rings. The molecule has 0 heterocycles. The molecule has 0 radical (unpaired) electrons. The summed E-state index contributed by atoms with van der Waals surface area (Å²) in [5.74, 6) is -0.181. The molecule has 0 aliphatic rings. The molecule has 5 nitrogen and oxygen atoms in total. The lowest BCUT2D eigenvalue weighted by molar-refractivity contribution is -0.116. The van der Waals surface area contributed by atoms with Crippen molar-refractivity contribution in [3.8, 4) is 0 Å². The van der Waals surface area contributed by atoms with E-state index in [9.17, 15) is 9.59 Å². The lowest BCUT2D eigenvalue weighted by atomic mass is 10.2. The molecule has 104 valence electrons. The number of hydrogen-bond donors (Lipinski definition) is 3. The van der Waals surface area contributed by atoms with Gasteiger partial charge in [-0.1, -0.05) is 13.8 Å². The fourth-order valence-electron chi connectivity index (χ4n) is 1.55. The van der Waals surface area contributed by atoms with Gasteiger partial charge in [-0.15, -0.1) is 0 Å². The highest BCUT2D eigenvalue weighted by Crippen LogP contribution is 2.09. The third kappa shape index (κ3) is 5.52. The second kappa shape index (κ2) is 7.53. The number of rotatable bonds is 6. The number of anilines is 1. The average Bonchev–Trinajstić information content (AvgIpc) is 2.38. The SMILES string of the molecule is CNC(=O)c1ccc(NC(=O)CCNC(C)C)cc1. The predicted molar refractivity (Wildman–Crippen MR) is 76.2 cm³/mol. The zero-order valence-electron chi connectivity index (χ0n) is 11.6. The largest absolute Gasteiger partial charge is 0.355 e. The highest BCUT2D eigenvalue weighted by Gasteiger charge is 2.05. The van der Waals surface area contributed by atoms with E-state index >= 15 is 0 Å². The summed E-state index contributed by atoms with van der Waals surface area (Å²) >= 11 is 0. The van der Waals surface area contributed by atoms with Crippen molar-refractivity contribution in [3.05, 3.63) is 29.8 Å². The minimum atomic E-state index is -0.140. The molecule has 19 heavy (non-hydrogen) atoms. The van der Waals surface area contributed by atoms with Gasteiger partial charge in [0, 0.05) is 37.3 Å². The Hall–Kier alpha value is -1.88. The van der Waals surface area contributed by atoms with Crippen LogP contribution in [0.2, 0.25) is 0 Å². The van der Waals surface area contributed by atoms with Crippen molar-refractivity contribution >= 4 is 17.5 Å². The fraction of sp³-hybridized carbons (Fsp3) is 0.429. The smallest absolute Gasteiger partial charge is 0.251 e. The van der Waals surface area contributed by atoms with Crippen LogP contribution in [-0.4, -0.2) is 31.4 Å². The standard InChI is InChI=1S/C14H21N3O2/c1-10(2)16-9-8-13(18)17-12-6-4-11(5-7-12)14(19)15-3/h4-7,10,16H,8-9H2,1-3H3,(H,15,19)(H,17,18). The lowest BCUT2D eigenvalue weighted by Crippen LogP contribution is -2.27. The number of hydrogen-bond acceptors (Lipinski definition) is 3. The van der Waals surface area contributed by atoms with Crippen molar-refractivity contribution in [1.82, 2.24) is 10.6 Å². The van der Waals surface area contributed by atoms with E-state index in [1.807, 2.05) is 13.8 Å². The van der Waals surface area contributed by atoms with E-state index in [2.05, 4.69) is 16.0 Å². The zero-order valence-corrected chi connectivity index (χ0v) is 11.6. The van der Waals surface area contributed by atoms with Crippen LogP contribution in [0.4, 0.5) is 5.69 Å². The van der Waals surface area contributed by atoms with Gasteiger partial charge in [0.15, 0.2) is 0 Å². The molecule has 0 spiro atoms.